The van der Waals surface area contributed by atoms with Crippen LogP contribution in [0.1, 0.15) is 69.2 Å². The van der Waals surface area contributed by atoms with Crippen molar-refractivity contribution < 1.29 is 23.2 Å². The van der Waals surface area contributed by atoms with Crippen LogP contribution in [0.15, 0.2) is 12.1 Å². The summed E-state index contributed by atoms with van der Waals surface area (Å²) in [5, 5.41) is 0.433. The van der Waals surface area contributed by atoms with Crippen LogP contribution in [0.3, 0.4) is 0 Å². The number of rotatable bonds is 9. The lowest BCUT2D eigenvalue weighted by molar-refractivity contribution is 0.00578. The average Bonchev–Trinajstić information content (AvgIpc) is 2.85. The van der Waals surface area contributed by atoms with E-state index in [-0.39, 0.29) is 6.79 Å². The van der Waals surface area contributed by atoms with Gasteiger partial charge < -0.3 is 23.2 Å². The van der Waals surface area contributed by atoms with Gasteiger partial charge in [-0.2, -0.15) is 0 Å². The Balaban J connectivity index is 2.54. The van der Waals surface area contributed by atoms with Gasteiger partial charge in [0.15, 0.2) is 6.79 Å². The maximum Gasteiger partial charge on any atom is 0.498 e. The van der Waals surface area contributed by atoms with E-state index in [1.54, 1.807) is 7.11 Å². The van der Waals surface area contributed by atoms with Gasteiger partial charge in [-0.15, -0.1) is 0 Å². The van der Waals surface area contributed by atoms with Crippen LogP contribution in [0, 0.1) is 0 Å². The molecule has 8 heteroatoms. The summed E-state index contributed by atoms with van der Waals surface area (Å²) < 4.78 is 30.4. The van der Waals surface area contributed by atoms with Crippen molar-refractivity contribution in [3.63, 3.8) is 0 Å². The van der Waals surface area contributed by atoms with Crippen LogP contribution in [0.2, 0.25) is 21.6 Å². The molecule has 1 aromatic carbocycles. The Morgan fingerprint density at radius 2 is 1.42 bits per heavy atom. The van der Waals surface area contributed by atoms with Crippen molar-refractivity contribution in [2.24, 2.45) is 0 Å². The fourth-order valence-corrected chi connectivity index (χ4v) is 10.2. The number of hydrogen-bond donors (Lipinski definition) is 0. The molecular formula is C23H40BClO5Si. The topological polar surface area (TPSA) is 46.2 Å². The van der Waals surface area contributed by atoms with Gasteiger partial charge in [0.1, 0.15) is 16.5 Å². The highest BCUT2D eigenvalue weighted by atomic mass is 35.5. The Bertz CT molecular complexity index is 729. The number of benzene rings is 1. The minimum atomic E-state index is -2.18. The SMILES string of the molecule is COCOc1c(B2OC(C)(C)C(C)(C)O2)ccc(O[Si](C(C)C)(C(C)C)C(C)C)c1Cl. The van der Waals surface area contributed by atoms with E-state index in [2.05, 4.69) is 41.5 Å². The predicted octanol–water partition coefficient (Wildman–Crippen LogP) is 6.18. The van der Waals surface area contributed by atoms with Crippen LogP contribution < -0.4 is 14.6 Å². The average molecular weight is 471 g/mol. The van der Waals surface area contributed by atoms with Crippen molar-refractivity contribution in [3.05, 3.63) is 17.2 Å². The van der Waals surface area contributed by atoms with Gasteiger partial charge in [-0.3, -0.25) is 0 Å². The Morgan fingerprint density at radius 3 is 1.84 bits per heavy atom. The molecule has 0 aliphatic carbocycles. The normalized spacial score (nSPS) is 18.4. The Hall–Kier alpha value is -0.728. The highest BCUT2D eigenvalue weighted by Gasteiger charge is 2.53. The molecule has 0 bridgehead atoms. The largest absolute Gasteiger partial charge is 0.542 e. The molecular weight excluding hydrogens is 431 g/mol. The van der Waals surface area contributed by atoms with E-state index in [0.29, 0.717) is 33.1 Å². The van der Waals surface area contributed by atoms with Crippen LogP contribution in [0.5, 0.6) is 11.5 Å². The maximum atomic E-state index is 6.90. The van der Waals surface area contributed by atoms with E-state index in [1.165, 1.54) is 0 Å². The zero-order valence-electron chi connectivity index (χ0n) is 21.1. The first-order chi connectivity index (χ1) is 14.2. The van der Waals surface area contributed by atoms with Crippen molar-refractivity contribution in [2.45, 2.75) is 97.1 Å². The second kappa shape index (κ2) is 9.64. The van der Waals surface area contributed by atoms with Gasteiger partial charge in [0.2, 0.25) is 0 Å². The van der Waals surface area contributed by atoms with E-state index in [0.717, 1.165) is 5.46 Å². The lowest BCUT2D eigenvalue weighted by Gasteiger charge is -2.42. The summed E-state index contributed by atoms with van der Waals surface area (Å²) in [5.41, 5.74) is 1.08. The molecule has 1 heterocycles. The Kier molecular flexibility index (Phi) is 8.25. The molecule has 0 saturated carbocycles. The highest BCUT2D eigenvalue weighted by Crippen LogP contribution is 2.46. The first kappa shape index (κ1) is 26.5. The van der Waals surface area contributed by atoms with Crippen LogP contribution in [-0.4, -0.2) is 40.5 Å². The molecule has 0 spiro atoms. The van der Waals surface area contributed by atoms with Crippen molar-refractivity contribution in [1.29, 1.82) is 0 Å². The monoisotopic (exact) mass is 470 g/mol. The molecule has 0 N–H and O–H groups in total. The first-order valence-corrected chi connectivity index (χ1v) is 13.7. The van der Waals surface area contributed by atoms with Gasteiger partial charge in [0.25, 0.3) is 8.32 Å². The maximum absolute atomic E-state index is 6.90. The minimum Gasteiger partial charge on any atom is -0.542 e. The number of hydrogen-bond acceptors (Lipinski definition) is 5. The van der Waals surface area contributed by atoms with Gasteiger partial charge in [-0.1, -0.05) is 59.2 Å². The summed E-state index contributed by atoms with van der Waals surface area (Å²) in [4.78, 5) is 0. The third-order valence-corrected chi connectivity index (χ3v) is 13.3. The van der Waals surface area contributed by atoms with Gasteiger partial charge in [0.05, 0.1) is 11.2 Å². The van der Waals surface area contributed by atoms with Crippen LogP contribution >= 0.6 is 11.6 Å². The lowest BCUT2D eigenvalue weighted by Crippen LogP contribution is -2.50. The molecule has 0 atom stereocenters. The molecule has 1 fully saturated rings. The fourth-order valence-electron chi connectivity index (χ4n) is 4.60. The highest BCUT2D eigenvalue weighted by molar-refractivity contribution is 6.78. The van der Waals surface area contributed by atoms with Gasteiger partial charge in [-0.05, 0) is 50.4 Å². The first-order valence-electron chi connectivity index (χ1n) is 11.2. The number of halogens is 1. The summed E-state index contributed by atoms with van der Waals surface area (Å²) >= 11 is 6.90. The Morgan fingerprint density at radius 1 is 0.935 bits per heavy atom. The number of methoxy groups -OCH3 is 1. The van der Waals surface area contributed by atoms with Crippen LogP contribution in [0.25, 0.3) is 0 Å². The molecule has 5 nitrogen and oxygen atoms in total. The molecule has 1 aliphatic heterocycles. The molecule has 0 aromatic heterocycles. The van der Waals surface area contributed by atoms with Crippen molar-refractivity contribution >= 4 is 32.5 Å². The second-order valence-electron chi connectivity index (χ2n) is 10.4. The summed E-state index contributed by atoms with van der Waals surface area (Å²) in [6.07, 6.45) is 0. The molecule has 0 unspecified atom stereocenters. The number of ether oxygens (including phenoxy) is 2. The quantitative estimate of drug-likeness (QED) is 0.319. The van der Waals surface area contributed by atoms with Crippen LogP contribution in [-0.2, 0) is 14.0 Å². The predicted molar refractivity (Wildman–Crippen MR) is 131 cm³/mol. The molecule has 0 radical (unpaired) electrons. The molecule has 31 heavy (non-hydrogen) atoms. The van der Waals surface area contributed by atoms with E-state index in [9.17, 15) is 0 Å². The molecule has 176 valence electrons. The smallest absolute Gasteiger partial charge is 0.498 e. The summed E-state index contributed by atoms with van der Waals surface area (Å²) in [5.74, 6) is 1.13. The summed E-state index contributed by atoms with van der Waals surface area (Å²) in [6, 6.07) is 3.87. The summed E-state index contributed by atoms with van der Waals surface area (Å²) in [7, 11) is -1.19. The Labute approximate surface area is 195 Å². The van der Waals surface area contributed by atoms with E-state index >= 15 is 0 Å². The molecule has 0 amide bonds. The molecule has 1 aromatic rings. The van der Waals surface area contributed by atoms with E-state index in [1.807, 2.05) is 39.8 Å². The molecule has 1 aliphatic rings. The van der Waals surface area contributed by atoms with Crippen molar-refractivity contribution in [2.75, 3.05) is 13.9 Å². The standard InChI is InChI=1S/C23H40BClO5Si/c1-15(2)31(16(3)4,17(5)6)28-19-13-12-18(21(20(19)25)27-14-26-11)24-29-22(7,8)23(9,10)30-24/h12-13,15-17H,14H2,1-11H3. The lowest BCUT2D eigenvalue weighted by atomic mass is 9.78. The van der Waals surface area contributed by atoms with Crippen LogP contribution in [0.4, 0.5) is 0 Å². The fraction of sp³-hybridized carbons (Fsp3) is 0.739. The van der Waals surface area contributed by atoms with Crippen molar-refractivity contribution in [1.82, 2.24) is 0 Å². The van der Waals surface area contributed by atoms with Crippen molar-refractivity contribution in [3.8, 4) is 11.5 Å². The van der Waals surface area contributed by atoms with Gasteiger partial charge in [-0.25, -0.2) is 0 Å². The van der Waals surface area contributed by atoms with E-state index < -0.39 is 26.6 Å². The van der Waals surface area contributed by atoms with Gasteiger partial charge in [0, 0.05) is 12.6 Å². The molecule has 1 saturated heterocycles. The molecule has 2 rings (SSSR count). The third-order valence-electron chi connectivity index (χ3n) is 6.91. The zero-order valence-corrected chi connectivity index (χ0v) is 22.8. The van der Waals surface area contributed by atoms with Gasteiger partial charge >= 0.3 is 7.12 Å². The zero-order chi connectivity index (χ0) is 23.8. The van der Waals surface area contributed by atoms with E-state index in [4.69, 9.17) is 34.8 Å². The second-order valence-corrected chi connectivity index (χ2v) is 16.1. The third kappa shape index (κ3) is 4.96. The summed E-state index contributed by atoms with van der Waals surface area (Å²) in [6.45, 7) is 21.7. The minimum absolute atomic E-state index is 0.0663.